The summed E-state index contributed by atoms with van der Waals surface area (Å²) in [5, 5.41) is 13.1. The second-order valence-electron chi connectivity index (χ2n) is 4.98. The molecule has 1 fully saturated rings. The van der Waals surface area contributed by atoms with Crippen molar-refractivity contribution in [3.63, 3.8) is 0 Å². The Hall–Kier alpha value is -1.41. The van der Waals surface area contributed by atoms with Crippen LogP contribution < -0.4 is 0 Å². The summed E-state index contributed by atoms with van der Waals surface area (Å²) in [6.45, 7) is 4.46. The van der Waals surface area contributed by atoms with Crippen LogP contribution in [-0.4, -0.2) is 46.2 Å². The van der Waals surface area contributed by atoms with E-state index in [1.807, 2.05) is 6.92 Å². The zero-order valence-electron chi connectivity index (χ0n) is 11.6. The molecule has 2 atom stereocenters. The van der Waals surface area contributed by atoms with Crippen LogP contribution in [0.4, 0.5) is 0 Å². The molecule has 0 aliphatic carbocycles. The van der Waals surface area contributed by atoms with E-state index in [0.717, 1.165) is 0 Å². The van der Waals surface area contributed by atoms with E-state index in [1.165, 1.54) is 21.4 Å². The first kappa shape index (κ1) is 15.0. The van der Waals surface area contributed by atoms with E-state index >= 15 is 0 Å². The molecular formula is C12H19N3O4S. The number of aliphatic carboxylic acids is 1. The van der Waals surface area contributed by atoms with Gasteiger partial charge in [-0.05, 0) is 26.7 Å². The fraction of sp³-hybridized carbons (Fsp3) is 0.667. The SMILES string of the molecule is CCn1cc(S(=O)(=O)N2CCC[C@H](C(=O)O)[C@@H]2C)cn1. The molecule has 0 unspecified atom stereocenters. The minimum absolute atomic E-state index is 0.122. The lowest BCUT2D eigenvalue weighted by molar-refractivity contribution is -0.144. The van der Waals surface area contributed by atoms with Crippen molar-refractivity contribution in [1.82, 2.24) is 14.1 Å². The monoisotopic (exact) mass is 301 g/mol. The van der Waals surface area contributed by atoms with Crippen molar-refractivity contribution in [2.45, 2.75) is 44.2 Å². The van der Waals surface area contributed by atoms with Crippen LogP contribution in [0.15, 0.2) is 17.3 Å². The van der Waals surface area contributed by atoms with Crippen molar-refractivity contribution in [3.8, 4) is 0 Å². The molecular weight excluding hydrogens is 282 g/mol. The van der Waals surface area contributed by atoms with Crippen LogP contribution in [0, 0.1) is 5.92 Å². The maximum Gasteiger partial charge on any atom is 0.308 e. The third-order valence-corrected chi connectivity index (χ3v) is 5.73. The van der Waals surface area contributed by atoms with Crippen LogP contribution in [0.5, 0.6) is 0 Å². The van der Waals surface area contributed by atoms with Gasteiger partial charge in [0.05, 0.1) is 12.1 Å². The Morgan fingerprint density at radius 3 is 2.80 bits per heavy atom. The Bertz CT molecular complexity index is 596. The van der Waals surface area contributed by atoms with Crippen LogP contribution in [0.2, 0.25) is 0 Å². The normalized spacial score (nSPS) is 24.7. The minimum Gasteiger partial charge on any atom is -0.481 e. The van der Waals surface area contributed by atoms with Crippen molar-refractivity contribution in [2.75, 3.05) is 6.54 Å². The molecule has 0 saturated carbocycles. The van der Waals surface area contributed by atoms with Gasteiger partial charge < -0.3 is 5.11 Å². The summed E-state index contributed by atoms with van der Waals surface area (Å²) >= 11 is 0. The van der Waals surface area contributed by atoms with Gasteiger partial charge in [0.25, 0.3) is 0 Å². The van der Waals surface area contributed by atoms with Gasteiger partial charge in [0.1, 0.15) is 4.90 Å². The highest BCUT2D eigenvalue weighted by molar-refractivity contribution is 7.89. The standard InChI is InChI=1S/C12H19N3O4S/c1-3-14-8-10(7-13-14)20(18,19)15-6-4-5-11(9(15)2)12(16)17/h7-9,11H,3-6H2,1-2H3,(H,16,17)/t9-,11-/m0/s1. The van der Waals surface area contributed by atoms with E-state index < -0.39 is 28.0 Å². The van der Waals surface area contributed by atoms with Crippen molar-refractivity contribution in [1.29, 1.82) is 0 Å². The lowest BCUT2D eigenvalue weighted by atomic mass is 9.92. The van der Waals surface area contributed by atoms with E-state index in [1.54, 1.807) is 6.92 Å². The lowest BCUT2D eigenvalue weighted by Gasteiger charge is -2.36. The molecule has 0 aromatic carbocycles. The Kier molecular flexibility index (Phi) is 4.14. The van der Waals surface area contributed by atoms with Gasteiger partial charge in [0, 0.05) is 25.3 Å². The summed E-state index contributed by atoms with van der Waals surface area (Å²) in [5.41, 5.74) is 0. The predicted molar refractivity (Wildman–Crippen MR) is 71.6 cm³/mol. The lowest BCUT2D eigenvalue weighted by Crippen LogP contribution is -2.48. The van der Waals surface area contributed by atoms with Gasteiger partial charge in [0.15, 0.2) is 0 Å². The maximum atomic E-state index is 12.6. The van der Waals surface area contributed by atoms with Crippen molar-refractivity contribution in [2.24, 2.45) is 5.92 Å². The molecule has 0 amide bonds. The molecule has 2 heterocycles. The van der Waals surface area contributed by atoms with Crippen molar-refractivity contribution < 1.29 is 18.3 Å². The molecule has 1 saturated heterocycles. The topological polar surface area (TPSA) is 92.5 Å². The highest BCUT2D eigenvalue weighted by atomic mass is 32.2. The third kappa shape index (κ3) is 2.57. The number of aryl methyl sites for hydroxylation is 1. The number of rotatable bonds is 4. The number of piperidine rings is 1. The van der Waals surface area contributed by atoms with Gasteiger partial charge >= 0.3 is 5.97 Å². The predicted octanol–water partition coefficient (Wildman–Crippen LogP) is 0.777. The maximum absolute atomic E-state index is 12.6. The first-order valence-electron chi connectivity index (χ1n) is 6.65. The number of sulfonamides is 1. The van der Waals surface area contributed by atoms with E-state index in [9.17, 15) is 13.2 Å². The summed E-state index contributed by atoms with van der Waals surface area (Å²) in [4.78, 5) is 11.3. The van der Waals surface area contributed by atoms with E-state index in [0.29, 0.717) is 25.9 Å². The molecule has 8 heteroatoms. The van der Waals surface area contributed by atoms with Crippen LogP contribution in [-0.2, 0) is 21.4 Å². The van der Waals surface area contributed by atoms with Crippen LogP contribution in [0.3, 0.4) is 0 Å². The Morgan fingerprint density at radius 2 is 2.25 bits per heavy atom. The number of nitrogens with zero attached hydrogens (tertiary/aromatic N) is 3. The van der Waals surface area contributed by atoms with Gasteiger partial charge in [0.2, 0.25) is 10.0 Å². The molecule has 1 aliphatic rings. The number of carboxylic acids is 1. The van der Waals surface area contributed by atoms with Crippen LogP contribution in [0.25, 0.3) is 0 Å². The molecule has 1 aliphatic heterocycles. The van der Waals surface area contributed by atoms with Gasteiger partial charge in [-0.1, -0.05) is 0 Å². The average Bonchev–Trinajstić information content (AvgIpc) is 2.87. The molecule has 0 spiro atoms. The highest BCUT2D eigenvalue weighted by Crippen LogP contribution is 2.29. The zero-order chi connectivity index (χ0) is 14.9. The Labute approximate surface area is 118 Å². The van der Waals surface area contributed by atoms with E-state index in [2.05, 4.69) is 5.10 Å². The molecule has 0 radical (unpaired) electrons. The Balaban J connectivity index is 2.31. The van der Waals surface area contributed by atoms with Gasteiger partial charge in [-0.15, -0.1) is 0 Å². The van der Waals surface area contributed by atoms with Crippen molar-refractivity contribution >= 4 is 16.0 Å². The molecule has 1 aromatic heterocycles. The quantitative estimate of drug-likeness (QED) is 0.887. The number of carboxylic acid groups (broad SMARTS) is 1. The first-order valence-corrected chi connectivity index (χ1v) is 8.09. The second kappa shape index (κ2) is 5.53. The van der Waals surface area contributed by atoms with Gasteiger partial charge in [-0.25, -0.2) is 8.42 Å². The largest absolute Gasteiger partial charge is 0.481 e. The van der Waals surface area contributed by atoms with Crippen LogP contribution in [0.1, 0.15) is 26.7 Å². The van der Waals surface area contributed by atoms with Crippen molar-refractivity contribution in [3.05, 3.63) is 12.4 Å². The second-order valence-corrected chi connectivity index (χ2v) is 6.87. The first-order chi connectivity index (χ1) is 9.37. The molecule has 112 valence electrons. The van der Waals surface area contributed by atoms with Gasteiger partial charge in [-0.2, -0.15) is 9.40 Å². The fourth-order valence-electron chi connectivity index (χ4n) is 2.57. The summed E-state index contributed by atoms with van der Waals surface area (Å²) in [5.74, 6) is -1.60. The zero-order valence-corrected chi connectivity index (χ0v) is 12.4. The molecule has 2 rings (SSSR count). The average molecular weight is 301 g/mol. The molecule has 0 bridgehead atoms. The molecule has 1 aromatic rings. The van der Waals surface area contributed by atoms with E-state index in [-0.39, 0.29) is 4.90 Å². The minimum atomic E-state index is -3.68. The van der Waals surface area contributed by atoms with Crippen LogP contribution >= 0.6 is 0 Å². The smallest absolute Gasteiger partial charge is 0.308 e. The van der Waals surface area contributed by atoms with Gasteiger partial charge in [-0.3, -0.25) is 9.48 Å². The Morgan fingerprint density at radius 1 is 1.55 bits per heavy atom. The fourth-order valence-corrected chi connectivity index (χ4v) is 4.23. The molecule has 1 N–H and O–H groups in total. The third-order valence-electron chi connectivity index (χ3n) is 3.79. The summed E-state index contributed by atoms with van der Waals surface area (Å²) < 4.78 is 28.0. The molecule has 7 nitrogen and oxygen atoms in total. The number of hydrogen-bond donors (Lipinski definition) is 1. The summed E-state index contributed by atoms with van der Waals surface area (Å²) in [6, 6.07) is -0.545. The number of aromatic nitrogens is 2. The number of carbonyl (C=O) groups is 1. The highest BCUT2D eigenvalue weighted by Gasteiger charge is 2.39. The van der Waals surface area contributed by atoms with E-state index in [4.69, 9.17) is 5.11 Å². The molecule has 20 heavy (non-hydrogen) atoms. The summed E-state index contributed by atoms with van der Waals surface area (Å²) in [6.07, 6.45) is 3.86. The number of hydrogen-bond acceptors (Lipinski definition) is 4. The summed E-state index contributed by atoms with van der Waals surface area (Å²) in [7, 11) is -3.68.